The van der Waals surface area contributed by atoms with Gasteiger partial charge in [-0.25, -0.2) is 19.6 Å². The minimum absolute atomic E-state index is 0.570. The fourth-order valence-electron chi connectivity index (χ4n) is 2.07. The van der Waals surface area contributed by atoms with E-state index in [1.54, 1.807) is 12.2 Å². The van der Waals surface area contributed by atoms with Gasteiger partial charge < -0.3 is 0 Å². The van der Waals surface area contributed by atoms with Gasteiger partial charge in [0.15, 0.2) is 0 Å². The molecule has 0 spiro atoms. The van der Waals surface area contributed by atoms with Gasteiger partial charge in [-0.05, 0) is 49.7 Å². The molecule has 4 nitrogen and oxygen atoms in total. The first-order valence-electron chi connectivity index (χ1n) is 7.02. The topological polar surface area (TPSA) is 58.9 Å². The van der Waals surface area contributed by atoms with Crippen molar-refractivity contribution in [3.63, 3.8) is 0 Å². The Hall–Kier alpha value is -2.02. The van der Waals surface area contributed by atoms with Gasteiger partial charge in [0, 0.05) is 0 Å². The largest absolute Gasteiger partial charge is 0.234 e. The van der Waals surface area contributed by atoms with Crippen LogP contribution in [0, 0.1) is 0 Å². The predicted octanol–water partition coefficient (Wildman–Crippen LogP) is 3.00. The van der Waals surface area contributed by atoms with Crippen molar-refractivity contribution in [3.05, 3.63) is 35.4 Å². The second-order valence-electron chi connectivity index (χ2n) is 4.68. The van der Waals surface area contributed by atoms with E-state index in [9.17, 15) is 9.59 Å². The molecular weight excluding hydrogens is 252 g/mol. The summed E-state index contributed by atoms with van der Waals surface area (Å²) in [6, 6.07) is 8.57. The van der Waals surface area contributed by atoms with Crippen molar-refractivity contribution < 1.29 is 9.59 Å². The minimum Gasteiger partial charge on any atom is -0.211 e. The summed E-state index contributed by atoms with van der Waals surface area (Å²) >= 11 is 0. The Bertz CT molecular complexity index is 446. The highest BCUT2D eigenvalue weighted by Gasteiger charge is 1.97. The molecule has 0 heterocycles. The Morgan fingerprint density at radius 3 is 1.75 bits per heavy atom. The molecule has 1 aromatic rings. The highest BCUT2D eigenvalue weighted by Crippen LogP contribution is 2.11. The predicted molar refractivity (Wildman–Crippen MR) is 78.3 cm³/mol. The Morgan fingerprint density at radius 1 is 0.800 bits per heavy atom. The van der Waals surface area contributed by atoms with Crippen molar-refractivity contribution in [3.8, 4) is 0 Å². The summed E-state index contributed by atoms with van der Waals surface area (Å²) in [5, 5.41) is 0. The van der Waals surface area contributed by atoms with Crippen molar-refractivity contribution in [1.82, 2.24) is 0 Å². The summed E-state index contributed by atoms with van der Waals surface area (Å²) in [6.45, 7) is 1.14. The van der Waals surface area contributed by atoms with E-state index in [-0.39, 0.29) is 0 Å². The summed E-state index contributed by atoms with van der Waals surface area (Å²) in [5.74, 6) is 0. The molecule has 1 aromatic carbocycles. The first-order valence-corrected chi connectivity index (χ1v) is 7.02. The molecule has 0 fully saturated rings. The zero-order valence-electron chi connectivity index (χ0n) is 11.7. The number of benzene rings is 1. The molecule has 20 heavy (non-hydrogen) atoms. The quantitative estimate of drug-likeness (QED) is 0.373. The van der Waals surface area contributed by atoms with Crippen LogP contribution >= 0.6 is 0 Å². The summed E-state index contributed by atoms with van der Waals surface area (Å²) in [7, 11) is 0. The number of aliphatic imine (C=N–C) groups is 2. The molecule has 0 saturated heterocycles. The van der Waals surface area contributed by atoms with Crippen molar-refractivity contribution >= 4 is 12.2 Å². The average molecular weight is 272 g/mol. The highest BCUT2D eigenvalue weighted by atomic mass is 16.1. The second-order valence-corrected chi connectivity index (χ2v) is 4.68. The van der Waals surface area contributed by atoms with Crippen LogP contribution in [-0.4, -0.2) is 25.2 Å². The van der Waals surface area contributed by atoms with Crippen molar-refractivity contribution in [1.29, 1.82) is 0 Å². The number of isocyanates is 2. The van der Waals surface area contributed by atoms with E-state index in [4.69, 9.17) is 0 Å². The number of hydrogen-bond acceptors (Lipinski definition) is 4. The van der Waals surface area contributed by atoms with E-state index in [1.165, 1.54) is 11.1 Å². The standard InChI is InChI=1S/C16H20N2O2/c19-13-17-10-3-1-6-15-8-5-9-16(12-15)7-2-4-11-18-14-20/h5,8-9,12H,1-4,6-7,10-11H2. The number of rotatable bonds is 10. The van der Waals surface area contributed by atoms with E-state index in [1.807, 2.05) is 0 Å². The van der Waals surface area contributed by atoms with Gasteiger partial charge in [-0.3, -0.25) is 0 Å². The third-order valence-corrected chi connectivity index (χ3v) is 3.09. The first-order chi connectivity index (χ1) is 9.86. The van der Waals surface area contributed by atoms with E-state index >= 15 is 0 Å². The molecule has 0 saturated carbocycles. The number of aryl methyl sites for hydroxylation is 2. The molecule has 106 valence electrons. The van der Waals surface area contributed by atoms with Crippen LogP contribution < -0.4 is 0 Å². The van der Waals surface area contributed by atoms with Crippen LogP contribution in [0.1, 0.15) is 36.8 Å². The molecule has 0 aromatic heterocycles. The van der Waals surface area contributed by atoms with Crippen LogP contribution in [0.4, 0.5) is 0 Å². The van der Waals surface area contributed by atoms with Crippen molar-refractivity contribution in [2.75, 3.05) is 13.1 Å². The summed E-state index contributed by atoms with van der Waals surface area (Å²) in [6.07, 6.45) is 9.04. The van der Waals surface area contributed by atoms with Crippen LogP contribution in [0.15, 0.2) is 34.3 Å². The van der Waals surface area contributed by atoms with E-state index in [0.29, 0.717) is 13.1 Å². The van der Waals surface area contributed by atoms with Gasteiger partial charge in [-0.2, -0.15) is 0 Å². The molecule has 0 unspecified atom stereocenters. The molecule has 0 radical (unpaired) electrons. The minimum atomic E-state index is 0.570. The summed E-state index contributed by atoms with van der Waals surface area (Å²) < 4.78 is 0. The van der Waals surface area contributed by atoms with Gasteiger partial charge in [0.05, 0.1) is 13.1 Å². The number of hydrogen-bond donors (Lipinski definition) is 0. The molecule has 0 bridgehead atoms. The lowest BCUT2D eigenvalue weighted by atomic mass is 10.0. The number of carbonyl (C=O) groups excluding carboxylic acids is 2. The van der Waals surface area contributed by atoms with Gasteiger partial charge in [-0.1, -0.05) is 24.3 Å². The maximum atomic E-state index is 9.93. The van der Waals surface area contributed by atoms with Gasteiger partial charge in [0.2, 0.25) is 12.2 Å². The molecule has 0 aliphatic heterocycles. The van der Waals surface area contributed by atoms with Crippen LogP contribution in [0.25, 0.3) is 0 Å². The number of nitrogens with zero attached hydrogens (tertiary/aromatic N) is 2. The third kappa shape index (κ3) is 7.42. The highest BCUT2D eigenvalue weighted by molar-refractivity contribution is 5.33. The monoisotopic (exact) mass is 272 g/mol. The van der Waals surface area contributed by atoms with E-state index in [2.05, 4.69) is 34.3 Å². The van der Waals surface area contributed by atoms with Gasteiger partial charge in [0.1, 0.15) is 0 Å². The third-order valence-electron chi connectivity index (χ3n) is 3.09. The maximum absolute atomic E-state index is 9.93. The lowest BCUT2D eigenvalue weighted by molar-refractivity contribution is 0.561. The maximum Gasteiger partial charge on any atom is 0.234 e. The molecule has 0 aliphatic rings. The molecule has 0 N–H and O–H groups in total. The fourth-order valence-corrected chi connectivity index (χ4v) is 2.07. The lowest BCUT2D eigenvalue weighted by Gasteiger charge is -2.04. The van der Waals surface area contributed by atoms with Crippen molar-refractivity contribution in [2.24, 2.45) is 9.98 Å². The Kier molecular flexibility index (Phi) is 8.71. The van der Waals surface area contributed by atoms with Crippen LogP contribution in [0.2, 0.25) is 0 Å². The first kappa shape index (κ1) is 16.0. The van der Waals surface area contributed by atoms with E-state index < -0.39 is 0 Å². The molecule has 0 amide bonds. The van der Waals surface area contributed by atoms with Crippen LogP contribution in [0.5, 0.6) is 0 Å². The smallest absolute Gasteiger partial charge is 0.211 e. The Morgan fingerprint density at radius 2 is 1.30 bits per heavy atom. The summed E-state index contributed by atoms with van der Waals surface area (Å²) in [4.78, 5) is 26.9. The zero-order valence-corrected chi connectivity index (χ0v) is 11.7. The van der Waals surface area contributed by atoms with Gasteiger partial charge in [-0.15, -0.1) is 0 Å². The van der Waals surface area contributed by atoms with E-state index in [0.717, 1.165) is 38.5 Å². The summed E-state index contributed by atoms with van der Waals surface area (Å²) in [5.41, 5.74) is 2.65. The zero-order chi connectivity index (χ0) is 14.5. The van der Waals surface area contributed by atoms with Crippen LogP contribution in [-0.2, 0) is 22.4 Å². The van der Waals surface area contributed by atoms with Gasteiger partial charge >= 0.3 is 0 Å². The Balaban J connectivity index is 2.29. The lowest BCUT2D eigenvalue weighted by Crippen LogP contribution is -1.92. The molecular formula is C16H20N2O2. The Labute approximate surface area is 119 Å². The molecule has 0 aliphatic carbocycles. The average Bonchev–Trinajstić information content (AvgIpc) is 2.47. The second kappa shape index (κ2) is 10.9. The SMILES string of the molecule is O=C=NCCCCc1cccc(CCCCN=C=O)c1. The molecule has 0 atom stereocenters. The molecule has 1 rings (SSSR count). The van der Waals surface area contributed by atoms with Crippen molar-refractivity contribution in [2.45, 2.75) is 38.5 Å². The molecule has 4 heteroatoms. The number of unbranched alkanes of at least 4 members (excludes halogenated alkanes) is 2. The fraction of sp³-hybridized carbons (Fsp3) is 0.500. The van der Waals surface area contributed by atoms with Gasteiger partial charge in [0.25, 0.3) is 0 Å². The van der Waals surface area contributed by atoms with Crippen LogP contribution in [0.3, 0.4) is 0 Å². The normalized spacial score (nSPS) is 9.60.